The van der Waals surface area contributed by atoms with Crippen LogP contribution in [-0.4, -0.2) is 11.4 Å². The summed E-state index contributed by atoms with van der Waals surface area (Å²) in [4.78, 5) is 0. The summed E-state index contributed by atoms with van der Waals surface area (Å²) in [5.41, 5.74) is 0.254. The minimum Gasteiger partial charge on any atom is -0.310 e. The smallest absolute Gasteiger partial charge is 0.310 e. The number of nitrogens with one attached hydrogen (secondary N) is 1. The first-order valence-electron chi connectivity index (χ1n) is 5.80. The van der Waals surface area contributed by atoms with E-state index in [2.05, 4.69) is 35.1 Å². The van der Waals surface area contributed by atoms with Crippen LogP contribution in [-0.2, 0) is 12.7 Å². The van der Waals surface area contributed by atoms with Crippen LogP contribution in [0, 0.1) is 5.92 Å². The monoisotopic (exact) mass is 323 g/mol. The highest BCUT2D eigenvalue weighted by atomic mass is 79.9. The van der Waals surface area contributed by atoms with E-state index in [1.165, 1.54) is 12.1 Å². The summed E-state index contributed by atoms with van der Waals surface area (Å²) in [6.45, 7) is 4.76. The van der Waals surface area contributed by atoms with Crippen LogP contribution in [0.2, 0.25) is 0 Å². The van der Waals surface area contributed by atoms with Crippen molar-refractivity contribution in [2.45, 2.75) is 32.6 Å². The zero-order chi connectivity index (χ0) is 13.8. The first-order valence-corrected chi connectivity index (χ1v) is 6.92. The molecule has 1 aromatic carbocycles. The largest absolute Gasteiger partial charge is 0.416 e. The second-order valence-electron chi connectivity index (χ2n) is 4.50. The number of hydrogen-bond donors (Lipinski definition) is 1. The molecule has 0 spiro atoms. The Balaban J connectivity index is 2.54. The third-order valence-corrected chi connectivity index (χ3v) is 4.03. The lowest BCUT2D eigenvalue weighted by atomic mass is 10.1. The van der Waals surface area contributed by atoms with Crippen molar-refractivity contribution >= 4 is 15.9 Å². The Morgan fingerprint density at radius 2 is 1.72 bits per heavy atom. The van der Waals surface area contributed by atoms with E-state index in [-0.39, 0.29) is 0 Å². The molecule has 0 amide bonds. The van der Waals surface area contributed by atoms with Gasteiger partial charge in [-0.15, -0.1) is 0 Å². The van der Waals surface area contributed by atoms with Gasteiger partial charge in [-0.1, -0.05) is 35.0 Å². The second-order valence-corrected chi connectivity index (χ2v) is 5.14. The van der Waals surface area contributed by atoms with Crippen molar-refractivity contribution in [2.24, 2.45) is 5.92 Å². The highest BCUT2D eigenvalue weighted by molar-refractivity contribution is 9.09. The standard InChI is InChI=1S/C13H17BrF3N/c1-9(7-14)10(2)18-8-11-3-5-12(6-4-11)13(15,16)17/h3-6,9-10,18H,7-8H2,1-2H3. The topological polar surface area (TPSA) is 12.0 Å². The molecular weight excluding hydrogens is 307 g/mol. The summed E-state index contributed by atoms with van der Waals surface area (Å²) in [6.07, 6.45) is -4.26. The number of halogens is 4. The van der Waals surface area contributed by atoms with Crippen LogP contribution in [0.25, 0.3) is 0 Å². The van der Waals surface area contributed by atoms with Gasteiger partial charge in [0, 0.05) is 17.9 Å². The van der Waals surface area contributed by atoms with E-state index in [4.69, 9.17) is 0 Å². The summed E-state index contributed by atoms with van der Waals surface area (Å²) in [7, 11) is 0. The molecule has 0 saturated heterocycles. The van der Waals surface area contributed by atoms with E-state index >= 15 is 0 Å². The van der Waals surface area contributed by atoms with Gasteiger partial charge in [0.25, 0.3) is 0 Å². The van der Waals surface area contributed by atoms with Crippen molar-refractivity contribution in [2.75, 3.05) is 5.33 Å². The van der Waals surface area contributed by atoms with Gasteiger partial charge >= 0.3 is 6.18 Å². The van der Waals surface area contributed by atoms with E-state index in [1.54, 1.807) is 0 Å². The first kappa shape index (κ1) is 15.5. The van der Waals surface area contributed by atoms with Gasteiger partial charge in [-0.25, -0.2) is 0 Å². The van der Waals surface area contributed by atoms with Crippen molar-refractivity contribution < 1.29 is 13.2 Å². The van der Waals surface area contributed by atoms with Gasteiger partial charge in [0.15, 0.2) is 0 Å². The molecule has 2 unspecified atom stereocenters. The highest BCUT2D eigenvalue weighted by Crippen LogP contribution is 2.29. The lowest BCUT2D eigenvalue weighted by Crippen LogP contribution is -2.32. The highest BCUT2D eigenvalue weighted by Gasteiger charge is 2.29. The summed E-state index contributed by atoms with van der Waals surface area (Å²) in [6, 6.07) is 5.58. The van der Waals surface area contributed by atoms with E-state index in [9.17, 15) is 13.2 Å². The third kappa shape index (κ3) is 4.61. The predicted octanol–water partition coefficient (Wildman–Crippen LogP) is 4.21. The molecule has 1 N–H and O–H groups in total. The Bertz CT molecular complexity index is 361. The Hall–Kier alpha value is -0.550. The Labute approximate surface area is 114 Å². The van der Waals surface area contributed by atoms with Gasteiger partial charge in [0.05, 0.1) is 5.56 Å². The van der Waals surface area contributed by atoms with Gasteiger partial charge in [0.2, 0.25) is 0 Å². The maximum absolute atomic E-state index is 12.4. The molecule has 0 aliphatic heterocycles. The van der Waals surface area contributed by atoms with Gasteiger partial charge in [-0.3, -0.25) is 0 Å². The average molecular weight is 324 g/mol. The second kappa shape index (κ2) is 6.57. The van der Waals surface area contributed by atoms with Crippen molar-refractivity contribution in [1.29, 1.82) is 0 Å². The molecule has 0 saturated carbocycles. The zero-order valence-corrected chi connectivity index (χ0v) is 12.0. The molecule has 1 nitrogen and oxygen atoms in total. The third-order valence-electron chi connectivity index (χ3n) is 3.01. The van der Waals surface area contributed by atoms with E-state index < -0.39 is 11.7 Å². The number of rotatable bonds is 5. The fourth-order valence-electron chi connectivity index (χ4n) is 1.43. The maximum atomic E-state index is 12.4. The number of alkyl halides is 4. The Morgan fingerprint density at radius 3 is 2.17 bits per heavy atom. The molecule has 1 aromatic rings. The quantitative estimate of drug-likeness (QED) is 0.800. The summed E-state index contributed by atoms with van der Waals surface area (Å²) >= 11 is 3.41. The number of benzene rings is 1. The fourth-order valence-corrected chi connectivity index (χ4v) is 1.99. The van der Waals surface area contributed by atoms with Crippen LogP contribution in [0.15, 0.2) is 24.3 Å². The summed E-state index contributed by atoms with van der Waals surface area (Å²) in [5.74, 6) is 0.472. The molecule has 2 atom stereocenters. The molecular formula is C13H17BrF3N. The molecule has 0 fully saturated rings. The van der Waals surface area contributed by atoms with Crippen LogP contribution in [0.3, 0.4) is 0 Å². The Morgan fingerprint density at radius 1 is 1.17 bits per heavy atom. The molecule has 0 radical (unpaired) electrons. The van der Waals surface area contributed by atoms with E-state index in [0.717, 1.165) is 23.0 Å². The average Bonchev–Trinajstić information content (AvgIpc) is 2.34. The first-order chi connectivity index (χ1) is 8.34. The molecule has 0 bridgehead atoms. The van der Waals surface area contributed by atoms with Crippen molar-refractivity contribution in [3.05, 3.63) is 35.4 Å². The molecule has 102 valence electrons. The summed E-state index contributed by atoms with van der Waals surface area (Å²) in [5, 5.41) is 4.19. The Kier molecular flexibility index (Phi) is 5.66. The van der Waals surface area contributed by atoms with Crippen molar-refractivity contribution in [3.8, 4) is 0 Å². The number of hydrogen-bond acceptors (Lipinski definition) is 1. The normalized spacial score (nSPS) is 15.4. The van der Waals surface area contributed by atoms with Crippen LogP contribution in [0.5, 0.6) is 0 Å². The van der Waals surface area contributed by atoms with Crippen LogP contribution in [0.1, 0.15) is 25.0 Å². The lowest BCUT2D eigenvalue weighted by molar-refractivity contribution is -0.137. The summed E-state index contributed by atoms with van der Waals surface area (Å²) < 4.78 is 37.1. The van der Waals surface area contributed by atoms with Gasteiger partial charge in [-0.2, -0.15) is 13.2 Å². The van der Waals surface area contributed by atoms with Crippen molar-refractivity contribution in [3.63, 3.8) is 0 Å². The minimum absolute atomic E-state index is 0.312. The molecule has 0 aromatic heterocycles. The molecule has 5 heteroatoms. The zero-order valence-electron chi connectivity index (χ0n) is 10.4. The minimum atomic E-state index is -4.26. The molecule has 1 rings (SSSR count). The lowest BCUT2D eigenvalue weighted by Gasteiger charge is -2.19. The SMILES string of the molecule is CC(CBr)C(C)NCc1ccc(C(F)(F)F)cc1. The molecule has 0 aliphatic carbocycles. The van der Waals surface area contributed by atoms with Gasteiger partial charge < -0.3 is 5.32 Å². The molecule has 18 heavy (non-hydrogen) atoms. The predicted molar refractivity (Wildman–Crippen MR) is 70.7 cm³/mol. The van der Waals surface area contributed by atoms with Gasteiger partial charge in [-0.05, 0) is 30.5 Å². The van der Waals surface area contributed by atoms with Crippen LogP contribution in [0.4, 0.5) is 13.2 Å². The van der Waals surface area contributed by atoms with Crippen LogP contribution >= 0.6 is 15.9 Å². The molecule has 0 heterocycles. The maximum Gasteiger partial charge on any atom is 0.416 e. The van der Waals surface area contributed by atoms with Gasteiger partial charge in [0.1, 0.15) is 0 Å². The van der Waals surface area contributed by atoms with Crippen LogP contribution < -0.4 is 5.32 Å². The van der Waals surface area contributed by atoms with E-state index in [1.807, 2.05) is 0 Å². The fraction of sp³-hybridized carbons (Fsp3) is 0.538. The molecule has 0 aliphatic rings. The van der Waals surface area contributed by atoms with Crippen molar-refractivity contribution in [1.82, 2.24) is 5.32 Å². The van der Waals surface area contributed by atoms with E-state index in [0.29, 0.717) is 18.5 Å².